The minimum atomic E-state index is -0.198. The standard InChI is InChI=1S/C17H25N3O3/c1-4-17(5-2,8-9-21)11-18-15(22)12-6-7-14-13(10-12)19-16(23)20(14)3/h6-7,10,21H,4-5,8-9,11H2,1-3H3,(H,18,22)(H,19,23). The normalized spacial score (nSPS) is 11.8. The first-order chi connectivity index (χ1) is 11.0. The van der Waals surface area contributed by atoms with Gasteiger partial charge < -0.3 is 15.4 Å². The van der Waals surface area contributed by atoms with E-state index >= 15 is 0 Å². The Kier molecular flexibility index (Phi) is 5.26. The number of benzene rings is 1. The van der Waals surface area contributed by atoms with Crippen LogP contribution in [0.4, 0.5) is 0 Å². The van der Waals surface area contributed by atoms with Crippen LogP contribution in [0.3, 0.4) is 0 Å². The summed E-state index contributed by atoms with van der Waals surface area (Å²) in [6.07, 6.45) is 2.47. The van der Waals surface area contributed by atoms with Gasteiger partial charge >= 0.3 is 5.69 Å². The van der Waals surface area contributed by atoms with E-state index in [9.17, 15) is 14.7 Å². The monoisotopic (exact) mass is 319 g/mol. The molecule has 2 aromatic rings. The fraction of sp³-hybridized carbons (Fsp3) is 0.529. The molecule has 1 aromatic heterocycles. The summed E-state index contributed by atoms with van der Waals surface area (Å²) in [4.78, 5) is 26.7. The lowest BCUT2D eigenvalue weighted by atomic mass is 9.79. The Bertz CT molecular complexity index is 741. The smallest absolute Gasteiger partial charge is 0.326 e. The van der Waals surface area contributed by atoms with E-state index in [1.165, 1.54) is 4.57 Å². The van der Waals surface area contributed by atoms with Gasteiger partial charge in [0.05, 0.1) is 11.0 Å². The van der Waals surface area contributed by atoms with Crippen LogP contribution in [-0.4, -0.2) is 33.7 Å². The summed E-state index contributed by atoms with van der Waals surface area (Å²) in [6, 6.07) is 5.18. The number of carbonyl (C=O) groups is 1. The first kappa shape index (κ1) is 17.3. The van der Waals surface area contributed by atoms with Gasteiger partial charge in [0.1, 0.15) is 0 Å². The quantitative estimate of drug-likeness (QED) is 0.727. The van der Waals surface area contributed by atoms with E-state index in [-0.39, 0.29) is 23.6 Å². The molecule has 2 rings (SSSR count). The molecule has 1 aromatic carbocycles. The number of aromatic nitrogens is 2. The zero-order valence-corrected chi connectivity index (χ0v) is 14.0. The molecule has 3 N–H and O–H groups in total. The molecule has 23 heavy (non-hydrogen) atoms. The minimum Gasteiger partial charge on any atom is -0.396 e. The van der Waals surface area contributed by atoms with Gasteiger partial charge in [-0.3, -0.25) is 9.36 Å². The topological polar surface area (TPSA) is 87.1 Å². The molecule has 6 heteroatoms. The average Bonchev–Trinajstić information content (AvgIpc) is 2.85. The molecule has 0 aliphatic heterocycles. The summed E-state index contributed by atoms with van der Waals surface area (Å²) >= 11 is 0. The van der Waals surface area contributed by atoms with Gasteiger partial charge in [-0.1, -0.05) is 13.8 Å². The van der Waals surface area contributed by atoms with Crippen molar-refractivity contribution < 1.29 is 9.90 Å². The largest absolute Gasteiger partial charge is 0.396 e. The molecule has 0 aliphatic carbocycles. The van der Waals surface area contributed by atoms with E-state index in [4.69, 9.17) is 0 Å². The summed E-state index contributed by atoms with van der Waals surface area (Å²) in [5.74, 6) is -0.166. The van der Waals surface area contributed by atoms with Crippen LogP contribution in [0.25, 0.3) is 11.0 Å². The van der Waals surface area contributed by atoms with Gasteiger partial charge in [0, 0.05) is 25.8 Å². The first-order valence-corrected chi connectivity index (χ1v) is 8.04. The molecule has 126 valence electrons. The number of nitrogens with one attached hydrogen (secondary N) is 2. The highest BCUT2D eigenvalue weighted by Crippen LogP contribution is 2.29. The molecule has 1 amide bonds. The molecule has 0 bridgehead atoms. The Morgan fingerprint density at radius 1 is 1.35 bits per heavy atom. The van der Waals surface area contributed by atoms with E-state index in [1.807, 2.05) is 0 Å². The fourth-order valence-electron chi connectivity index (χ4n) is 2.93. The number of nitrogens with zero attached hydrogens (tertiary/aromatic N) is 1. The SMILES string of the molecule is CCC(CC)(CCO)CNC(=O)c1ccc2c(c1)[nH]c(=O)n2C. The predicted octanol–water partition coefficient (Wildman–Crippen LogP) is 1.79. The van der Waals surface area contributed by atoms with Crippen LogP contribution in [0.1, 0.15) is 43.5 Å². The van der Waals surface area contributed by atoms with Crippen molar-refractivity contribution in [2.45, 2.75) is 33.1 Å². The number of amides is 1. The van der Waals surface area contributed by atoms with Gasteiger partial charge in [-0.2, -0.15) is 0 Å². The third-order valence-corrected chi connectivity index (χ3v) is 4.93. The fourth-order valence-corrected chi connectivity index (χ4v) is 2.93. The highest BCUT2D eigenvalue weighted by atomic mass is 16.3. The number of aryl methyl sites for hydroxylation is 1. The molecule has 0 atom stereocenters. The van der Waals surface area contributed by atoms with Crippen LogP contribution >= 0.6 is 0 Å². The van der Waals surface area contributed by atoms with Gasteiger partial charge in [0.15, 0.2) is 0 Å². The van der Waals surface area contributed by atoms with Crippen LogP contribution in [0, 0.1) is 5.41 Å². The van der Waals surface area contributed by atoms with Crippen molar-refractivity contribution in [2.24, 2.45) is 12.5 Å². The number of rotatable bonds is 7. The van der Waals surface area contributed by atoms with Crippen molar-refractivity contribution in [3.8, 4) is 0 Å². The number of aromatic amines is 1. The molecular weight excluding hydrogens is 294 g/mol. The Balaban J connectivity index is 2.16. The summed E-state index contributed by atoms with van der Waals surface area (Å²) in [7, 11) is 1.69. The van der Waals surface area contributed by atoms with Crippen molar-refractivity contribution in [3.63, 3.8) is 0 Å². The second-order valence-corrected chi connectivity index (χ2v) is 6.08. The van der Waals surface area contributed by atoms with Gasteiger partial charge in [0.25, 0.3) is 5.91 Å². The van der Waals surface area contributed by atoms with Gasteiger partial charge in [-0.25, -0.2) is 4.79 Å². The van der Waals surface area contributed by atoms with Crippen molar-refractivity contribution in [2.75, 3.05) is 13.2 Å². The minimum absolute atomic E-state index is 0.0738. The Hall–Kier alpha value is -2.08. The van der Waals surface area contributed by atoms with Crippen LogP contribution in [0.15, 0.2) is 23.0 Å². The van der Waals surface area contributed by atoms with E-state index in [0.717, 1.165) is 18.4 Å². The van der Waals surface area contributed by atoms with Gasteiger partial charge in [0.2, 0.25) is 0 Å². The molecule has 0 aliphatic rings. The maximum atomic E-state index is 12.4. The first-order valence-electron chi connectivity index (χ1n) is 8.04. The Labute approximate surface area is 135 Å². The molecule has 0 saturated carbocycles. The van der Waals surface area contributed by atoms with Crippen molar-refractivity contribution in [1.82, 2.24) is 14.9 Å². The van der Waals surface area contributed by atoms with Crippen LogP contribution in [-0.2, 0) is 7.05 Å². The molecule has 0 unspecified atom stereocenters. The third-order valence-electron chi connectivity index (χ3n) is 4.93. The van der Waals surface area contributed by atoms with Crippen LogP contribution in [0.5, 0.6) is 0 Å². The maximum absolute atomic E-state index is 12.4. The maximum Gasteiger partial charge on any atom is 0.326 e. The van der Waals surface area contributed by atoms with E-state index < -0.39 is 0 Å². The molecule has 6 nitrogen and oxygen atoms in total. The van der Waals surface area contributed by atoms with Crippen LogP contribution in [0.2, 0.25) is 0 Å². The highest BCUT2D eigenvalue weighted by molar-refractivity contribution is 5.97. The average molecular weight is 319 g/mol. The van der Waals surface area contributed by atoms with Gasteiger partial charge in [-0.05, 0) is 42.9 Å². The number of imidazole rings is 1. The second kappa shape index (κ2) is 7.00. The zero-order chi connectivity index (χ0) is 17.0. The second-order valence-electron chi connectivity index (χ2n) is 6.08. The summed E-state index contributed by atoms with van der Waals surface area (Å²) in [5, 5.41) is 12.2. The van der Waals surface area contributed by atoms with Crippen LogP contribution < -0.4 is 11.0 Å². The lowest BCUT2D eigenvalue weighted by molar-refractivity contribution is 0.0907. The number of H-pyrrole nitrogens is 1. The lowest BCUT2D eigenvalue weighted by Crippen LogP contribution is -2.37. The number of hydrogen-bond acceptors (Lipinski definition) is 3. The number of hydrogen-bond donors (Lipinski definition) is 3. The highest BCUT2D eigenvalue weighted by Gasteiger charge is 2.26. The third kappa shape index (κ3) is 3.47. The van der Waals surface area contributed by atoms with E-state index in [0.29, 0.717) is 24.0 Å². The molecule has 1 heterocycles. The molecule has 0 saturated heterocycles. The number of fused-ring (bicyclic) bond motifs is 1. The van der Waals surface area contributed by atoms with E-state index in [1.54, 1.807) is 25.2 Å². The van der Waals surface area contributed by atoms with E-state index in [2.05, 4.69) is 24.1 Å². The van der Waals surface area contributed by atoms with Crippen molar-refractivity contribution in [3.05, 3.63) is 34.2 Å². The number of carbonyl (C=O) groups excluding carboxylic acids is 1. The Morgan fingerprint density at radius 3 is 2.65 bits per heavy atom. The summed E-state index contributed by atoms with van der Waals surface area (Å²) in [5.41, 5.74) is 1.66. The van der Waals surface area contributed by atoms with Gasteiger partial charge in [-0.15, -0.1) is 0 Å². The summed E-state index contributed by atoms with van der Waals surface area (Å²) in [6.45, 7) is 4.80. The molecule has 0 spiro atoms. The predicted molar refractivity (Wildman–Crippen MR) is 90.6 cm³/mol. The summed E-state index contributed by atoms with van der Waals surface area (Å²) < 4.78 is 1.51. The lowest BCUT2D eigenvalue weighted by Gasteiger charge is -2.31. The number of aliphatic hydroxyl groups is 1. The van der Waals surface area contributed by atoms with Crippen molar-refractivity contribution >= 4 is 16.9 Å². The molecule has 0 fully saturated rings. The Morgan fingerprint density at radius 2 is 2.04 bits per heavy atom. The molecular formula is C17H25N3O3. The zero-order valence-electron chi connectivity index (χ0n) is 14.0. The number of aliphatic hydroxyl groups excluding tert-OH is 1. The molecule has 0 radical (unpaired) electrons. The van der Waals surface area contributed by atoms with Crippen molar-refractivity contribution in [1.29, 1.82) is 0 Å².